The van der Waals surface area contributed by atoms with Gasteiger partial charge in [0.2, 0.25) is 5.13 Å². The Morgan fingerprint density at radius 2 is 2.35 bits per heavy atom. The van der Waals surface area contributed by atoms with Crippen molar-refractivity contribution in [3.8, 4) is 0 Å². The molecule has 5 nitrogen and oxygen atoms in total. The third-order valence-corrected chi connectivity index (χ3v) is 3.95. The maximum Gasteiger partial charge on any atom is 0.311 e. The number of aryl methyl sites for hydroxylation is 1. The molecule has 1 aromatic heterocycles. The van der Waals surface area contributed by atoms with Crippen LogP contribution in [0.4, 0.5) is 9.52 Å². The number of carbonyl (C=O) groups is 1. The van der Waals surface area contributed by atoms with Crippen LogP contribution in [0.15, 0.2) is 22.6 Å². The van der Waals surface area contributed by atoms with Crippen molar-refractivity contribution in [2.75, 3.05) is 12.0 Å². The van der Waals surface area contributed by atoms with Crippen LogP contribution in [0.1, 0.15) is 23.7 Å². The largest absolute Gasteiger partial charge is 0.466 e. The van der Waals surface area contributed by atoms with Gasteiger partial charge >= 0.3 is 5.97 Å². The maximum absolute atomic E-state index is 13.3. The first-order chi connectivity index (χ1) is 11.0. The van der Waals surface area contributed by atoms with E-state index >= 15 is 0 Å². The number of thiazole rings is 1. The molecule has 0 bridgehead atoms. The van der Waals surface area contributed by atoms with Crippen molar-refractivity contribution in [3.05, 3.63) is 45.2 Å². The van der Waals surface area contributed by atoms with Crippen LogP contribution in [-0.2, 0) is 16.0 Å². The van der Waals surface area contributed by atoms with E-state index in [0.29, 0.717) is 28.6 Å². The van der Waals surface area contributed by atoms with Gasteiger partial charge in [-0.25, -0.2) is 9.37 Å². The number of aromatic nitrogens is 1. The first kappa shape index (κ1) is 17.4. The van der Waals surface area contributed by atoms with Crippen LogP contribution in [-0.4, -0.2) is 23.8 Å². The minimum atomic E-state index is -0.358. The minimum absolute atomic E-state index is 0.124. The second-order valence-corrected chi connectivity index (χ2v) is 5.88. The van der Waals surface area contributed by atoms with Crippen LogP contribution in [0.3, 0.4) is 0 Å². The van der Waals surface area contributed by atoms with Crippen molar-refractivity contribution in [2.24, 2.45) is 5.10 Å². The molecule has 0 saturated carbocycles. The van der Waals surface area contributed by atoms with Gasteiger partial charge in [0.05, 0.1) is 30.0 Å². The molecule has 0 atom stereocenters. The number of anilines is 1. The summed E-state index contributed by atoms with van der Waals surface area (Å²) in [6.45, 7) is 3.75. The zero-order chi connectivity index (χ0) is 16.8. The summed E-state index contributed by atoms with van der Waals surface area (Å²) in [5, 5.41) is 6.59. The third-order valence-electron chi connectivity index (χ3n) is 2.82. The van der Waals surface area contributed by atoms with Gasteiger partial charge in [0.15, 0.2) is 0 Å². The lowest BCUT2D eigenvalue weighted by atomic mass is 10.1. The molecule has 0 aliphatic carbocycles. The molecule has 0 unspecified atom stereocenters. The van der Waals surface area contributed by atoms with E-state index in [1.165, 1.54) is 23.6 Å². The molecule has 0 radical (unpaired) electrons. The van der Waals surface area contributed by atoms with Crippen LogP contribution in [0.5, 0.6) is 0 Å². The lowest BCUT2D eigenvalue weighted by molar-refractivity contribution is -0.142. The topological polar surface area (TPSA) is 63.6 Å². The highest BCUT2D eigenvalue weighted by atomic mass is 35.5. The third kappa shape index (κ3) is 5.01. The number of ether oxygens (including phenoxy) is 1. The number of nitrogens with zero attached hydrogens (tertiary/aromatic N) is 2. The van der Waals surface area contributed by atoms with Crippen molar-refractivity contribution in [1.82, 2.24) is 4.98 Å². The quantitative estimate of drug-likeness (QED) is 0.486. The molecule has 0 aliphatic rings. The molecule has 2 rings (SSSR count). The summed E-state index contributed by atoms with van der Waals surface area (Å²) in [6, 6.07) is 2.86. The molecule has 8 heteroatoms. The normalized spacial score (nSPS) is 11.0. The number of hydrogen-bond acceptors (Lipinski definition) is 6. The molecule has 0 aliphatic heterocycles. The first-order valence-corrected chi connectivity index (χ1v) is 8.10. The molecular formula is C15H15ClFN3O2S. The van der Waals surface area contributed by atoms with Crippen molar-refractivity contribution in [3.63, 3.8) is 0 Å². The van der Waals surface area contributed by atoms with Crippen LogP contribution in [0.25, 0.3) is 0 Å². The predicted octanol–water partition coefficient (Wildman–Crippen LogP) is 3.80. The van der Waals surface area contributed by atoms with Crippen molar-refractivity contribution >= 4 is 40.3 Å². The summed E-state index contributed by atoms with van der Waals surface area (Å²) in [6.07, 6.45) is 1.61. The van der Waals surface area contributed by atoms with Gasteiger partial charge in [-0.3, -0.25) is 10.2 Å². The average Bonchev–Trinajstić information content (AvgIpc) is 2.92. The Kier molecular flexibility index (Phi) is 6.06. The van der Waals surface area contributed by atoms with Crippen molar-refractivity contribution in [1.29, 1.82) is 0 Å². The first-order valence-electron chi connectivity index (χ1n) is 6.84. The molecule has 23 heavy (non-hydrogen) atoms. The van der Waals surface area contributed by atoms with Gasteiger partial charge in [-0.2, -0.15) is 5.10 Å². The smallest absolute Gasteiger partial charge is 0.311 e. The van der Waals surface area contributed by atoms with Crippen LogP contribution in [0, 0.1) is 12.7 Å². The summed E-state index contributed by atoms with van der Waals surface area (Å²) in [5.41, 5.74) is 4.45. The van der Waals surface area contributed by atoms with E-state index in [9.17, 15) is 9.18 Å². The second kappa shape index (κ2) is 8.03. The SMILES string of the molecule is CCOC(=O)Cc1csc(NN=Cc2cc(C)c(F)cc2Cl)n1. The van der Waals surface area contributed by atoms with E-state index in [1.807, 2.05) is 0 Å². The molecule has 0 fully saturated rings. The number of halogens is 2. The molecule has 1 heterocycles. The number of nitrogens with one attached hydrogen (secondary N) is 1. The summed E-state index contributed by atoms with van der Waals surface area (Å²) < 4.78 is 18.2. The number of carbonyl (C=O) groups excluding carboxylic acids is 1. The zero-order valence-corrected chi connectivity index (χ0v) is 14.2. The number of esters is 1. The zero-order valence-electron chi connectivity index (χ0n) is 12.6. The highest BCUT2D eigenvalue weighted by Gasteiger charge is 2.08. The Balaban J connectivity index is 1.97. The van der Waals surface area contributed by atoms with Crippen molar-refractivity contribution in [2.45, 2.75) is 20.3 Å². The van der Waals surface area contributed by atoms with Gasteiger partial charge in [-0.1, -0.05) is 11.6 Å². The van der Waals surface area contributed by atoms with E-state index in [4.69, 9.17) is 16.3 Å². The van der Waals surface area contributed by atoms with Gasteiger partial charge in [-0.05, 0) is 31.5 Å². The highest BCUT2D eigenvalue weighted by molar-refractivity contribution is 7.13. The van der Waals surface area contributed by atoms with Gasteiger partial charge in [0, 0.05) is 10.9 Å². The van der Waals surface area contributed by atoms with Crippen molar-refractivity contribution < 1.29 is 13.9 Å². The standard InChI is InChI=1S/C15H15ClFN3O2S/c1-3-22-14(21)5-11-8-23-15(19-11)20-18-7-10-4-9(2)13(17)6-12(10)16/h4,6-8H,3,5H2,1-2H3,(H,19,20). The molecule has 1 N–H and O–H groups in total. The predicted molar refractivity (Wildman–Crippen MR) is 89.8 cm³/mol. The Bertz CT molecular complexity index is 734. The average molecular weight is 356 g/mol. The molecule has 1 aromatic carbocycles. The Hall–Kier alpha value is -1.99. The monoisotopic (exact) mass is 355 g/mol. The molecular weight excluding hydrogens is 341 g/mol. The Labute approximate surface area is 142 Å². The molecule has 0 amide bonds. The van der Waals surface area contributed by atoms with E-state index < -0.39 is 0 Å². The summed E-state index contributed by atoms with van der Waals surface area (Å²) >= 11 is 7.27. The molecule has 0 spiro atoms. The lowest BCUT2D eigenvalue weighted by Crippen LogP contribution is -2.07. The van der Waals surface area contributed by atoms with Gasteiger partial charge < -0.3 is 4.74 Å². The molecule has 122 valence electrons. The summed E-state index contributed by atoms with van der Waals surface area (Å²) in [7, 11) is 0. The van der Waals surface area contributed by atoms with E-state index in [2.05, 4.69) is 15.5 Å². The number of hydrazone groups is 1. The minimum Gasteiger partial charge on any atom is -0.466 e. The Morgan fingerprint density at radius 1 is 1.57 bits per heavy atom. The fourth-order valence-electron chi connectivity index (χ4n) is 1.73. The highest BCUT2D eigenvalue weighted by Crippen LogP contribution is 2.19. The van der Waals surface area contributed by atoms with E-state index in [-0.39, 0.29) is 23.2 Å². The van der Waals surface area contributed by atoms with Gasteiger partial charge in [-0.15, -0.1) is 11.3 Å². The second-order valence-electron chi connectivity index (χ2n) is 4.62. The molecule has 2 aromatic rings. The number of benzene rings is 1. The van der Waals surface area contributed by atoms with Crippen LogP contribution < -0.4 is 5.43 Å². The van der Waals surface area contributed by atoms with Gasteiger partial charge in [0.25, 0.3) is 0 Å². The number of hydrogen-bond donors (Lipinski definition) is 1. The van der Waals surface area contributed by atoms with Crippen LogP contribution >= 0.6 is 22.9 Å². The fraction of sp³-hybridized carbons (Fsp3) is 0.267. The number of rotatable bonds is 6. The molecule has 0 saturated heterocycles. The van der Waals surface area contributed by atoms with E-state index in [0.717, 1.165) is 0 Å². The summed E-state index contributed by atoms with van der Waals surface area (Å²) in [5.74, 6) is -0.676. The maximum atomic E-state index is 13.3. The Morgan fingerprint density at radius 3 is 3.09 bits per heavy atom. The van der Waals surface area contributed by atoms with Gasteiger partial charge in [0.1, 0.15) is 5.82 Å². The van der Waals surface area contributed by atoms with Crippen LogP contribution in [0.2, 0.25) is 5.02 Å². The summed E-state index contributed by atoms with van der Waals surface area (Å²) in [4.78, 5) is 15.6. The lowest BCUT2D eigenvalue weighted by Gasteiger charge is -2.01. The van der Waals surface area contributed by atoms with E-state index in [1.54, 1.807) is 25.3 Å². The fourth-order valence-corrected chi connectivity index (χ4v) is 2.59.